The van der Waals surface area contributed by atoms with Crippen LogP contribution in [-0.4, -0.2) is 63.6 Å². The lowest BCUT2D eigenvalue weighted by atomic mass is 10.2. The number of allylic oxidation sites excluding steroid dienone is 6. The van der Waals surface area contributed by atoms with Gasteiger partial charge in [-0.3, -0.25) is 9.59 Å². The number of hydrogen-bond acceptors (Lipinski definition) is 8. The summed E-state index contributed by atoms with van der Waals surface area (Å²) < 4.78 is 19.9. The van der Waals surface area contributed by atoms with Crippen LogP contribution in [0.4, 0.5) is 9.59 Å². The van der Waals surface area contributed by atoms with Gasteiger partial charge in [0.1, 0.15) is 13.1 Å². The Hall–Kier alpha value is -5.06. The molecule has 0 aromatic heterocycles. The second-order valence-electron chi connectivity index (χ2n) is 9.29. The Balaban J connectivity index is 3.81. The highest BCUT2D eigenvalue weighted by Gasteiger charge is 2.07. The minimum Gasteiger partial charge on any atom is -0.464 e. The first kappa shape index (κ1) is 40.9. The standard InChI is InChI=1S/C36H46N2O8/c1-3-5-27-43-33(39)31-37-35(41)45-29-25-23-21-19-17-15-13-11-9-7-8-10-12-14-16-18-20-22-24-26-30-46-36(42)38-32-34(40)44-28-6-4-2/h7-12H,3-6,21-32H2,1-2H3,(H,37,41)(H,38,42)/b8-7+,11-9+,12-10+. The van der Waals surface area contributed by atoms with Crippen molar-refractivity contribution < 1.29 is 38.1 Å². The fourth-order valence-electron chi connectivity index (χ4n) is 2.82. The molecule has 248 valence electrons. The van der Waals surface area contributed by atoms with Crippen LogP contribution in [0.1, 0.15) is 78.1 Å². The van der Waals surface area contributed by atoms with E-state index >= 15 is 0 Å². The van der Waals surface area contributed by atoms with Gasteiger partial charge in [-0.1, -0.05) is 74.7 Å². The zero-order chi connectivity index (χ0) is 33.8. The second kappa shape index (κ2) is 32.8. The van der Waals surface area contributed by atoms with Gasteiger partial charge in [0.05, 0.1) is 26.4 Å². The third kappa shape index (κ3) is 31.9. The molecule has 46 heavy (non-hydrogen) atoms. The quantitative estimate of drug-likeness (QED) is 0.0619. The molecule has 0 aliphatic heterocycles. The van der Waals surface area contributed by atoms with Crippen molar-refractivity contribution >= 4 is 24.1 Å². The van der Waals surface area contributed by atoms with Crippen LogP contribution < -0.4 is 10.6 Å². The van der Waals surface area contributed by atoms with Crippen LogP contribution in [-0.2, 0) is 28.5 Å². The van der Waals surface area contributed by atoms with Crippen LogP contribution in [0.3, 0.4) is 0 Å². The predicted octanol–water partition coefficient (Wildman–Crippen LogP) is 5.15. The number of carbonyl (C=O) groups is 4. The van der Waals surface area contributed by atoms with Crippen molar-refractivity contribution in [1.29, 1.82) is 0 Å². The first-order valence-electron chi connectivity index (χ1n) is 15.6. The third-order valence-corrected chi connectivity index (χ3v) is 5.27. The van der Waals surface area contributed by atoms with Crippen LogP contribution in [0.5, 0.6) is 0 Å². The van der Waals surface area contributed by atoms with Crippen LogP contribution in [0.25, 0.3) is 0 Å². The molecule has 0 aromatic carbocycles. The Bertz CT molecular complexity index is 1140. The maximum Gasteiger partial charge on any atom is 0.407 e. The largest absolute Gasteiger partial charge is 0.464 e. The molecule has 10 heteroatoms. The van der Waals surface area contributed by atoms with Gasteiger partial charge in [0.15, 0.2) is 0 Å². The van der Waals surface area contributed by atoms with E-state index in [0.717, 1.165) is 38.5 Å². The van der Waals surface area contributed by atoms with E-state index in [0.29, 0.717) is 38.9 Å². The number of amides is 2. The SMILES string of the molecule is CCCCOC(=O)CNC(=O)OCCCCC#CC#C/C=C/C=C/C=C/C#CC#CCCCCOC(=O)NCC(=O)OCCCC. The van der Waals surface area contributed by atoms with E-state index in [1.165, 1.54) is 0 Å². The lowest BCUT2D eigenvalue weighted by molar-refractivity contribution is -0.143. The van der Waals surface area contributed by atoms with Gasteiger partial charge in [-0.2, -0.15) is 0 Å². The third-order valence-electron chi connectivity index (χ3n) is 5.27. The Morgan fingerprint density at radius 3 is 1.35 bits per heavy atom. The lowest BCUT2D eigenvalue weighted by Gasteiger charge is -2.06. The number of esters is 2. The summed E-state index contributed by atoms with van der Waals surface area (Å²) in [5.41, 5.74) is 0. The molecule has 0 radical (unpaired) electrons. The van der Waals surface area contributed by atoms with Crippen molar-refractivity contribution in [3.8, 4) is 47.4 Å². The number of unbranched alkanes of at least 4 members (excludes halogenated alkanes) is 6. The highest BCUT2D eigenvalue weighted by atomic mass is 16.6. The Labute approximate surface area is 274 Å². The second-order valence-corrected chi connectivity index (χ2v) is 9.29. The van der Waals surface area contributed by atoms with Crippen molar-refractivity contribution in [1.82, 2.24) is 10.6 Å². The molecule has 0 unspecified atom stereocenters. The molecule has 0 fully saturated rings. The highest BCUT2D eigenvalue weighted by Crippen LogP contribution is 1.96. The number of rotatable bonds is 20. The summed E-state index contributed by atoms with van der Waals surface area (Å²) in [6.07, 6.45) is 16.9. The van der Waals surface area contributed by atoms with E-state index < -0.39 is 24.1 Å². The summed E-state index contributed by atoms with van der Waals surface area (Å²) in [4.78, 5) is 45.8. The average Bonchev–Trinajstić information content (AvgIpc) is 3.05. The molecule has 0 rings (SSSR count). The van der Waals surface area contributed by atoms with Gasteiger partial charge in [-0.05, 0) is 74.4 Å². The number of hydrogen-bond donors (Lipinski definition) is 2. The minimum atomic E-state index is -0.642. The molecule has 0 bridgehead atoms. The molecule has 0 aliphatic carbocycles. The summed E-state index contributed by atoms with van der Waals surface area (Å²) in [5.74, 6) is 21.6. The molecule has 0 atom stereocenters. The van der Waals surface area contributed by atoms with E-state index in [2.05, 4.69) is 58.0 Å². The van der Waals surface area contributed by atoms with Gasteiger partial charge in [0.25, 0.3) is 0 Å². The van der Waals surface area contributed by atoms with Crippen LogP contribution in [0.15, 0.2) is 36.5 Å². The van der Waals surface area contributed by atoms with Crippen molar-refractivity contribution in [3.63, 3.8) is 0 Å². The van der Waals surface area contributed by atoms with Gasteiger partial charge >= 0.3 is 24.1 Å². The zero-order valence-electron chi connectivity index (χ0n) is 27.0. The van der Waals surface area contributed by atoms with E-state index in [1.54, 1.807) is 24.3 Å². The van der Waals surface area contributed by atoms with E-state index in [9.17, 15) is 19.2 Å². The van der Waals surface area contributed by atoms with Gasteiger partial charge < -0.3 is 29.6 Å². The van der Waals surface area contributed by atoms with Crippen molar-refractivity contribution in [2.24, 2.45) is 0 Å². The van der Waals surface area contributed by atoms with Crippen LogP contribution in [0, 0.1) is 47.4 Å². The number of nitrogens with one attached hydrogen (secondary N) is 2. The molecule has 0 spiro atoms. The maximum absolute atomic E-state index is 11.5. The summed E-state index contributed by atoms with van der Waals surface area (Å²) in [6, 6.07) is 0. The molecule has 0 aliphatic rings. The summed E-state index contributed by atoms with van der Waals surface area (Å²) in [5, 5.41) is 4.72. The number of ether oxygens (including phenoxy) is 4. The Kier molecular flexibility index (Phi) is 29.2. The first-order valence-corrected chi connectivity index (χ1v) is 15.6. The van der Waals surface area contributed by atoms with Crippen molar-refractivity contribution in [2.45, 2.75) is 78.1 Å². The molecular weight excluding hydrogens is 588 g/mol. The zero-order valence-corrected chi connectivity index (χ0v) is 27.0. The summed E-state index contributed by atoms with van der Waals surface area (Å²) >= 11 is 0. The van der Waals surface area contributed by atoms with Gasteiger partial charge in [0.2, 0.25) is 0 Å². The summed E-state index contributed by atoms with van der Waals surface area (Å²) in [6.45, 7) is 4.79. The monoisotopic (exact) mass is 634 g/mol. The average molecular weight is 635 g/mol. The number of alkyl carbamates (subject to hydrolysis) is 2. The topological polar surface area (TPSA) is 129 Å². The smallest absolute Gasteiger partial charge is 0.407 e. The molecule has 2 amide bonds. The van der Waals surface area contributed by atoms with Crippen molar-refractivity contribution in [3.05, 3.63) is 36.5 Å². The van der Waals surface area contributed by atoms with Crippen LogP contribution in [0.2, 0.25) is 0 Å². The van der Waals surface area contributed by atoms with E-state index in [1.807, 2.05) is 26.0 Å². The number of carbonyl (C=O) groups excluding carboxylic acids is 4. The van der Waals surface area contributed by atoms with Gasteiger partial charge in [-0.15, -0.1) is 0 Å². The van der Waals surface area contributed by atoms with Crippen LogP contribution >= 0.6 is 0 Å². The minimum absolute atomic E-state index is 0.201. The Morgan fingerprint density at radius 1 is 0.522 bits per heavy atom. The molecule has 2 N–H and O–H groups in total. The van der Waals surface area contributed by atoms with Gasteiger partial charge in [0, 0.05) is 12.8 Å². The lowest BCUT2D eigenvalue weighted by Crippen LogP contribution is -2.31. The van der Waals surface area contributed by atoms with Gasteiger partial charge in [-0.25, -0.2) is 9.59 Å². The maximum atomic E-state index is 11.5. The molecule has 10 nitrogen and oxygen atoms in total. The Morgan fingerprint density at radius 2 is 0.935 bits per heavy atom. The molecule has 0 saturated heterocycles. The van der Waals surface area contributed by atoms with Crippen molar-refractivity contribution in [2.75, 3.05) is 39.5 Å². The normalized spacial score (nSPS) is 9.87. The van der Waals surface area contributed by atoms with E-state index in [-0.39, 0.29) is 26.3 Å². The predicted molar refractivity (Wildman–Crippen MR) is 177 cm³/mol. The molecule has 0 heterocycles. The molecule has 0 saturated carbocycles. The fraction of sp³-hybridized carbons (Fsp3) is 0.500. The van der Waals surface area contributed by atoms with E-state index in [4.69, 9.17) is 18.9 Å². The first-order chi connectivity index (χ1) is 22.5. The fourth-order valence-corrected chi connectivity index (χ4v) is 2.82. The highest BCUT2D eigenvalue weighted by molar-refractivity contribution is 5.78. The molecular formula is C36H46N2O8. The molecule has 0 aromatic rings. The summed E-state index contributed by atoms with van der Waals surface area (Å²) in [7, 11) is 0.